The normalized spacial score (nSPS) is 10.3. The van der Waals surface area contributed by atoms with Crippen LogP contribution in [0.3, 0.4) is 0 Å². The summed E-state index contributed by atoms with van der Waals surface area (Å²) < 4.78 is 5.35. The fraction of sp³-hybridized carbons (Fsp3) is 0.400. The van der Waals surface area contributed by atoms with Crippen molar-refractivity contribution in [1.29, 1.82) is 0 Å². The molecule has 0 aliphatic heterocycles. The number of nitrogens with zero attached hydrogens (tertiary/aromatic N) is 1. The minimum Gasteiger partial charge on any atom is -0.475 e. The molecular formula is C10H14N2O2. The van der Waals surface area contributed by atoms with Crippen LogP contribution in [0.2, 0.25) is 0 Å². The van der Waals surface area contributed by atoms with Crippen LogP contribution < -0.4 is 10.5 Å². The molecule has 0 saturated heterocycles. The lowest BCUT2D eigenvalue weighted by Gasteiger charge is -2.08. The highest BCUT2D eigenvalue weighted by Crippen LogP contribution is 2.09. The van der Waals surface area contributed by atoms with E-state index in [-0.39, 0.29) is 18.4 Å². The SMILES string of the molecule is CC(C)Oc1cccc(C(=O)CN)n1. The molecule has 0 aliphatic carbocycles. The molecule has 0 saturated carbocycles. The zero-order valence-corrected chi connectivity index (χ0v) is 8.36. The Morgan fingerprint density at radius 3 is 2.86 bits per heavy atom. The summed E-state index contributed by atoms with van der Waals surface area (Å²) >= 11 is 0. The molecule has 0 spiro atoms. The Morgan fingerprint density at radius 2 is 2.29 bits per heavy atom. The summed E-state index contributed by atoms with van der Waals surface area (Å²) in [5.74, 6) is 0.276. The Bertz CT molecular complexity index is 324. The Kier molecular flexibility index (Phi) is 3.59. The lowest BCUT2D eigenvalue weighted by molar-refractivity contribution is 0.0995. The number of Topliss-reactive ketones (excluding diaryl/α,β-unsaturated/α-hetero) is 1. The van der Waals surface area contributed by atoms with Gasteiger partial charge in [0.15, 0.2) is 5.78 Å². The number of carbonyl (C=O) groups excluding carboxylic acids is 1. The van der Waals surface area contributed by atoms with Crippen LogP contribution in [0, 0.1) is 0 Å². The number of aromatic nitrogens is 1. The largest absolute Gasteiger partial charge is 0.475 e. The molecule has 76 valence electrons. The van der Waals surface area contributed by atoms with Gasteiger partial charge in [-0.1, -0.05) is 6.07 Å². The van der Waals surface area contributed by atoms with Crippen molar-refractivity contribution < 1.29 is 9.53 Å². The molecule has 4 nitrogen and oxygen atoms in total. The Balaban J connectivity index is 2.84. The van der Waals surface area contributed by atoms with E-state index in [0.717, 1.165) is 0 Å². The summed E-state index contributed by atoms with van der Waals surface area (Å²) in [6.45, 7) is 3.77. The molecule has 0 fully saturated rings. The molecule has 0 unspecified atom stereocenters. The summed E-state index contributed by atoms with van der Waals surface area (Å²) in [6, 6.07) is 5.07. The van der Waals surface area contributed by atoms with Gasteiger partial charge in [-0.15, -0.1) is 0 Å². The van der Waals surface area contributed by atoms with Crippen molar-refractivity contribution in [2.24, 2.45) is 5.73 Å². The zero-order valence-electron chi connectivity index (χ0n) is 8.36. The number of ketones is 1. The first-order valence-corrected chi connectivity index (χ1v) is 4.50. The standard InChI is InChI=1S/C10H14N2O2/c1-7(2)14-10-5-3-4-8(12-10)9(13)6-11/h3-5,7H,6,11H2,1-2H3. The number of nitrogens with two attached hydrogens (primary N) is 1. The summed E-state index contributed by atoms with van der Waals surface area (Å²) in [6.07, 6.45) is 0.0470. The number of hydrogen-bond donors (Lipinski definition) is 1. The van der Waals surface area contributed by atoms with Crippen LogP contribution in [0.25, 0.3) is 0 Å². The van der Waals surface area contributed by atoms with E-state index in [1.54, 1.807) is 18.2 Å². The van der Waals surface area contributed by atoms with Crippen molar-refractivity contribution >= 4 is 5.78 Å². The van der Waals surface area contributed by atoms with E-state index in [0.29, 0.717) is 11.6 Å². The minimum absolute atomic E-state index is 0.0296. The highest BCUT2D eigenvalue weighted by molar-refractivity contribution is 5.95. The fourth-order valence-electron chi connectivity index (χ4n) is 0.982. The van der Waals surface area contributed by atoms with E-state index in [1.165, 1.54) is 0 Å². The van der Waals surface area contributed by atoms with Gasteiger partial charge in [0.1, 0.15) is 5.69 Å². The van der Waals surface area contributed by atoms with Gasteiger partial charge in [0.05, 0.1) is 12.6 Å². The zero-order chi connectivity index (χ0) is 10.6. The van der Waals surface area contributed by atoms with Gasteiger partial charge in [-0.2, -0.15) is 0 Å². The Hall–Kier alpha value is -1.42. The topological polar surface area (TPSA) is 65.2 Å². The first-order valence-electron chi connectivity index (χ1n) is 4.50. The monoisotopic (exact) mass is 194 g/mol. The predicted octanol–water partition coefficient (Wildman–Crippen LogP) is 1.01. The summed E-state index contributed by atoms with van der Waals surface area (Å²) in [7, 11) is 0. The first kappa shape index (κ1) is 10.7. The van der Waals surface area contributed by atoms with E-state index in [9.17, 15) is 4.79 Å². The third-order valence-electron chi connectivity index (χ3n) is 1.55. The molecular weight excluding hydrogens is 180 g/mol. The van der Waals surface area contributed by atoms with Gasteiger partial charge >= 0.3 is 0 Å². The van der Waals surface area contributed by atoms with E-state index >= 15 is 0 Å². The second-order valence-electron chi connectivity index (χ2n) is 3.15. The van der Waals surface area contributed by atoms with Crippen LogP contribution in [0.5, 0.6) is 5.88 Å². The quantitative estimate of drug-likeness (QED) is 0.726. The van der Waals surface area contributed by atoms with Gasteiger partial charge in [0, 0.05) is 6.07 Å². The Morgan fingerprint density at radius 1 is 1.57 bits per heavy atom. The van der Waals surface area contributed by atoms with Gasteiger partial charge in [-0.05, 0) is 19.9 Å². The molecule has 0 radical (unpaired) electrons. The second-order valence-corrected chi connectivity index (χ2v) is 3.15. The van der Waals surface area contributed by atoms with Crippen LogP contribution in [-0.2, 0) is 0 Å². The lowest BCUT2D eigenvalue weighted by atomic mass is 10.2. The Labute approximate surface area is 83.1 Å². The van der Waals surface area contributed by atoms with E-state index in [1.807, 2.05) is 13.8 Å². The fourth-order valence-corrected chi connectivity index (χ4v) is 0.982. The maximum absolute atomic E-state index is 11.2. The van der Waals surface area contributed by atoms with Crippen molar-refractivity contribution in [3.63, 3.8) is 0 Å². The van der Waals surface area contributed by atoms with Crippen LogP contribution in [0.1, 0.15) is 24.3 Å². The highest BCUT2D eigenvalue weighted by atomic mass is 16.5. The molecule has 1 rings (SSSR count). The molecule has 0 amide bonds. The second kappa shape index (κ2) is 4.72. The third kappa shape index (κ3) is 2.81. The van der Waals surface area contributed by atoms with E-state index < -0.39 is 0 Å². The van der Waals surface area contributed by atoms with Gasteiger partial charge < -0.3 is 10.5 Å². The summed E-state index contributed by atoms with van der Waals surface area (Å²) in [5.41, 5.74) is 5.58. The number of ether oxygens (including phenoxy) is 1. The predicted molar refractivity (Wildman–Crippen MR) is 53.4 cm³/mol. The number of hydrogen-bond acceptors (Lipinski definition) is 4. The molecule has 0 bridgehead atoms. The van der Waals surface area contributed by atoms with Crippen LogP contribution in [-0.4, -0.2) is 23.4 Å². The van der Waals surface area contributed by atoms with Crippen LogP contribution in [0.15, 0.2) is 18.2 Å². The van der Waals surface area contributed by atoms with Crippen molar-refractivity contribution in [3.05, 3.63) is 23.9 Å². The maximum atomic E-state index is 11.2. The van der Waals surface area contributed by atoms with Gasteiger partial charge in [-0.3, -0.25) is 4.79 Å². The smallest absolute Gasteiger partial charge is 0.214 e. The third-order valence-corrected chi connectivity index (χ3v) is 1.55. The van der Waals surface area contributed by atoms with Crippen molar-refractivity contribution in [2.75, 3.05) is 6.54 Å². The lowest BCUT2D eigenvalue weighted by Crippen LogP contribution is -2.16. The molecule has 1 heterocycles. The molecule has 0 atom stereocenters. The van der Waals surface area contributed by atoms with Crippen molar-refractivity contribution in [2.45, 2.75) is 20.0 Å². The molecule has 4 heteroatoms. The molecule has 1 aromatic rings. The molecule has 0 aliphatic rings. The van der Waals surface area contributed by atoms with E-state index in [4.69, 9.17) is 10.5 Å². The summed E-state index contributed by atoms with van der Waals surface area (Å²) in [4.78, 5) is 15.2. The number of carbonyl (C=O) groups is 1. The van der Waals surface area contributed by atoms with Crippen LogP contribution >= 0.6 is 0 Å². The average Bonchev–Trinajstić information content (AvgIpc) is 2.16. The number of pyridine rings is 1. The van der Waals surface area contributed by atoms with Gasteiger partial charge in [-0.25, -0.2) is 4.98 Å². The van der Waals surface area contributed by atoms with E-state index in [2.05, 4.69) is 4.98 Å². The average molecular weight is 194 g/mol. The minimum atomic E-state index is -0.181. The highest BCUT2D eigenvalue weighted by Gasteiger charge is 2.06. The molecule has 0 aromatic carbocycles. The van der Waals surface area contributed by atoms with Crippen molar-refractivity contribution in [1.82, 2.24) is 4.98 Å². The molecule has 2 N–H and O–H groups in total. The van der Waals surface area contributed by atoms with Crippen molar-refractivity contribution in [3.8, 4) is 5.88 Å². The molecule has 14 heavy (non-hydrogen) atoms. The molecule has 1 aromatic heterocycles. The van der Waals surface area contributed by atoms with Gasteiger partial charge in [0.25, 0.3) is 0 Å². The summed E-state index contributed by atoms with van der Waals surface area (Å²) in [5, 5.41) is 0. The first-order chi connectivity index (χ1) is 6.63. The van der Waals surface area contributed by atoms with Crippen LogP contribution in [0.4, 0.5) is 0 Å². The number of rotatable bonds is 4. The maximum Gasteiger partial charge on any atom is 0.214 e. The van der Waals surface area contributed by atoms with Gasteiger partial charge in [0.2, 0.25) is 5.88 Å².